The monoisotopic (exact) mass is 569 g/mol. The van der Waals surface area contributed by atoms with Crippen molar-refractivity contribution in [3.8, 4) is 11.4 Å². The molecule has 15 heteroatoms. The number of aromatic amines is 2. The number of carbonyl (C=O) groups is 3. The molecule has 0 unspecified atom stereocenters. The Morgan fingerprint density at radius 3 is 2.52 bits per heavy atom. The number of carbonyl (C=O) groups excluding carboxylic acids is 2. The van der Waals surface area contributed by atoms with Gasteiger partial charge in [-0.3, -0.25) is 9.59 Å². The van der Waals surface area contributed by atoms with E-state index in [1.54, 1.807) is 48.5 Å². The van der Waals surface area contributed by atoms with E-state index < -0.39 is 23.8 Å². The van der Waals surface area contributed by atoms with Crippen molar-refractivity contribution >= 4 is 46.3 Å². The number of benzene rings is 2. The molecular weight excluding hydrogens is 542 g/mol. The molecule has 214 valence electrons. The molecule has 0 bridgehead atoms. The van der Waals surface area contributed by atoms with Crippen molar-refractivity contribution < 1.29 is 19.5 Å². The van der Waals surface area contributed by atoms with Crippen LogP contribution in [0.1, 0.15) is 34.3 Å². The van der Waals surface area contributed by atoms with Gasteiger partial charge >= 0.3 is 5.97 Å². The van der Waals surface area contributed by atoms with Crippen LogP contribution in [0.2, 0.25) is 0 Å². The number of aliphatic carboxylic acids is 1. The lowest BCUT2D eigenvalue weighted by Crippen LogP contribution is -2.41. The predicted octanol–water partition coefficient (Wildman–Crippen LogP) is 1.69. The van der Waals surface area contributed by atoms with E-state index in [9.17, 15) is 19.5 Å². The van der Waals surface area contributed by atoms with Crippen molar-refractivity contribution in [2.24, 2.45) is 0 Å². The number of nitrogens with two attached hydrogens (primary N) is 2. The number of amides is 2. The summed E-state index contributed by atoms with van der Waals surface area (Å²) >= 11 is 0. The third-order valence-corrected chi connectivity index (χ3v) is 6.61. The summed E-state index contributed by atoms with van der Waals surface area (Å²) in [6, 6.07) is 12.5. The first-order valence-corrected chi connectivity index (χ1v) is 12.9. The van der Waals surface area contributed by atoms with Crippen LogP contribution in [0.4, 0.5) is 17.5 Å². The number of anilines is 3. The zero-order chi connectivity index (χ0) is 29.6. The SMILES string of the molecule is Nc1nc(N)c2c(CCc3ccc(C(=O)N[C@@H](CCC(=O)Nc4ccccc4-c4nn[nH]n4)C(=O)O)cc3)c[nH]c2n1. The number of aryl methyl sites for hydroxylation is 2. The van der Waals surface area contributed by atoms with E-state index in [-0.39, 0.29) is 18.8 Å². The van der Waals surface area contributed by atoms with Gasteiger partial charge in [-0.2, -0.15) is 15.2 Å². The van der Waals surface area contributed by atoms with E-state index >= 15 is 0 Å². The molecule has 3 heterocycles. The number of para-hydroxylation sites is 1. The summed E-state index contributed by atoms with van der Waals surface area (Å²) in [5.41, 5.74) is 15.4. The van der Waals surface area contributed by atoms with Crippen molar-refractivity contribution in [1.29, 1.82) is 0 Å². The summed E-state index contributed by atoms with van der Waals surface area (Å²) in [6.07, 6.45) is 2.86. The number of nitrogens with zero attached hydrogens (tertiary/aromatic N) is 5. The summed E-state index contributed by atoms with van der Waals surface area (Å²) in [4.78, 5) is 48.5. The smallest absolute Gasteiger partial charge is 0.326 e. The van der Waals surface area contributed by atoms with Crippen molar-refractivity contribution in [1.82, 2.24) is 40.9 Å². The first kappa shape index (κ1) is 27.7. The molecule has 15 nitrogen and oxygen atoms in total. The van der Waals surface area contributed by atoms with Crippen molar-refractivity contribution in [2.45, 2.75) is 31.7 Å². The Labute approximate surface area is 238 Å². The van der Waals surface area contributed by atoms with Crippen LogP contribution in [0.25, 0.3) is 22.4 Å². The Kier molecular flexibility index (Phi) is 7.99. The molecular formula is C27H27N11O4. The fourth-order valence-electron chi connectivity index (χ4n) is 4.49. The molecule has 0 saturated carbocycles. The fraction of sp³-hybridized carbons (Fsp3) is 0.185. The lowest BCUT2D eigenvalue weighted by atomic mass is 10.0. The van der Waals surface area contributed by atoms with Crippen LogP contribution < -0.4 is 22.1 Å². The molecule has 0 aliphatic heterocycles. The lowest BCUT2D eigenvalue weighted by Gasteiger charge is -2.15. The highest BCUT2D eigenvalue weighted by Gasteiger charge is 2.22. The van der Waals surface area contributed by atoms with Crippen LogP contribution in [-0.4, -0.2) is 64.5 Å². The zero-order valence-electron chi connectivity index (χ0n) is 22.2. The second-order valence-electron chi connectivity index (χ2n) is 9.43. The van der Waals surface area contributed by atoms with E-state index in [0.29, 0.717) is 46.9 Å². The molecule has 42 heavy (non-hydrogen) atoms. The number of rotatable bonds is 11. The van der Waals surface area contributed by atoms with Gasteiger partial charge in [-0.25, -0.2) is 4.79 Å². The second kappa shape index (κ2) is 12.1. The van der Waals surface area contributed by atoms with Crippen LogP contribution in [0, 0.1) is 0 Å². The van der Waals surface area contributed by atoms with Gasteiger partial charge in [-0.15, -0.1) is 10.2 Å². The van der Waals surface area contributed by atoms with Gasteiger partial charge in [0.1, 0.15) is 17.5 Å². The average molecular weight is 570 g/mol. The van der Waals surface area contributed by atoms with Crippen molar-refractivity contribution in [3.05, 3.63) is 71.4 Å². The minimum absolute atomic E-state index is 0.0957. The first-order valence-electron chi connectivity index (χ1n) is 12.9. The third kappa shape index (κ3) is 6.30. The average Bonchev–Trinajstić information content (AvgIpc) is 3.65. The molecule has 0 saturated heterocycles. The summed E-state index contributed by atoms with van der Waals surface area (Å²) < 4.78 is 0. The molecule has 0 aliphatic rings. The Hall–Kier alpha value is -5.86. The van der Waals surface area contributed by atoms with Gasteiger partial charge in [0.05, 0.1) is 11.1 Å². The van der Waals surface area contributed by atoms with Crippen LogP contribution in [0.15, 0.2) is 54.7 Å². The number of nitrogen functional groups attached to an aromatic ring is 2. The van der Waals surface area contributed by atoms with Gasteiger partial charge in [0.25, 0.3) is 5.91 Å². The highest BCUT2D eigenvalue weighted by molar-refractivity contribution is 5.97. The number of hydrogen-bond acceptors (Lipinski definition) is 10. The molecule has 0 aliphatic carbocycles. The number of carboxylic acids is 1. The summed E-state index contributed by atoms with van der Waals surface area (Å²) in [5.74, 6) is -1.53. The van der Waals surface area contributed by atoms with Gasteiger partial charge in [-0.1, -0.05) is 24.3 Å². The Morgan fingerprint density at radius 2 is 1.79 bits per heavy atom. The molecule has 1 atom stereocenters. The molecule has 0 radical (unpaired) electrons. The Bertz CT molecular complexity index is 1730. The second-order valence-corrected chi connectivity index (χ2v) is 9.43. The maximum absolute atomic E-state index is 12.8. The van der Waals surface area contributed by atoms with E-state index in [1.165, 1.54) is 0 Å². The van der Waals surface area contributed by atoms with E-state index in [2.05, 4.69) is 46.2 Å². The lowest BCUT2D eigenvalue weighted by molar-refractivity contribution is -0.139. The molecule has 3 aromatic heterocycles. The van der Waals surface area contributed by atoms with Gasteiger partial charge < -0.3 is 32.2 Å². The van der Waals surface area contributed by atoms with Crippen molar-refractivity contribution in [2.75, 3.05) is 16.8 Å². The van der Waals surface area contributed by atoms with Crippen LogP contribution in [0.3, 0.4) is 0 Å². The fourth-order valence-corrected chi connectivity index (χ4v) is 4.49. The van der Waals surface area contributed by atoms with Gasteiger partial charge in [-0.05, 0) is 59.9 Å². The Balaban J connectivity index is 1.15. The van der Waals surface area contributed by atoms with E-state index in [1.807, 2.05) is 6.20 Å². The van der Waals surface area contributed by atoms with Crippen LogP contribution >= 0.6 is 0 Å². The highest BCUT2D eigenvalue weighted by atomic mass is 16.4. The minimum Gasteiger partial charge on any atom is -0.480 e. The van der Waals surface area contributed by atoms with Gasteiger partial charge in [0.2, 0.25) is 17.7 Å². The minimum atomic E-state index is -1.26. The quantitative estimate of drug-likeness (QED) is 0.121. The maximum Gasteiger partial charge on any atom is 0.326 e. The zero-order valence-corrected chi connectivity index (χ0v) is 22.2. The summed E-state index contributed by atoms with van der Waals surface area (Å²) in [5, 5.41) is 29.3. The first-order chi connectivity index (χ1) is 20.3. The number of hydrogen-bond donors (Lipinski definition) is 7. The van der Waals surface area contributed by atoms with E-state index in [4.69, 9.17) is 11.5 Å². The molecule has 0 spiro atoms. The van der Waals surface area contributed by atoms with Gasteiger partial charge in [0, 0.05) is 23.7 Å². The summed E-state index contributed by atoms with van der Waals surface area (Å²) in [7, 11) is 0. The van der Waals surface area contributed by atoms with Crippen LogP contribution in [-0.2, 0) is 22.4 Å². The van der Waals surface area contributed by atoms with Gasteiger partial charge in [0.15, 0.2) is 0 Å². The van der Waals surface area contributed by atoms with E-state index in [0.717, 1.165) is 16.5 Å². The largest absolute Gasteiger partial charge is 0.480 e. The molecule has 2 amide bonds. The predicted molar refractivity (Wildman–Crippen MR) is 153 cm³/mol. The highest BCUT2D eigenvalue weighted by Crippen LogP contribution is 2.25. The van der Waals surface area contributed by atoms with Crippen molar-refractivity contribution in [3.63, 3.8) is 0 Å². The topological polar surface area (TPSA) is 244 Å². The molecule has 5 aromatic rings. The number of carboxylic acid groups (broad SMARTS) is 1. The maximum atomic E-state index is 12.8. The molecule has 2 aromatic carbocycles. The number of tetrazole rings is 1. The number of H-pyrrole nitrogens is 2. The number of fused-ring (bicyclic) bond motifs is 1. The molecule has 9 N–H and O–H groups in total. The van der Waals surface area contributed by atoms with Crippen LogP contribution in [0.5, 0.6) is 0 Å². The Morgan fingerprint density at radius 1 is 1.00 bits per heavy atom. The number of aromatic nitrogens is 7. The molecule has 5 rings (SSSR count). The third-order valence-electron chi connectivity index (χ3n) is 6.61. The molecule has 0 fully saturated rings. The normalized spacial score (nSPS) is 11.7. The summed E-state index contributed by atoms with van der Waals surface area (Å²) in [6.45, 7) is 0. The number of nitrogens with one attached hydrogen (secondary N) is 4. The standard InChI is InChI=1S/C27H27N11O4/c28-22-21-16(13-30-24(21)34-27(29)33-22)10-7-14-5-8-15(9-6-14)25(40)32-19(26(41)42)11-12-20(39)31-18-4-2-1-3-17(18)23-35-37-38-36-23/h1-6,8-9,13,19H,7,10-12H2,(H,31,39)(H,32,40)(H,41,42)(H,35,36,37,38)(H5,28,29,30,33,34)/t19-/m0/s1.